The van der Waals surface area contributed by atoms with Gasteiger partial charge in [-0.15, -0.1) is 0 Å². The quantitative estimate of drug-likeness (QED) is 0.546. The zero-order chi connectivity index (χ0) is 20.6. The Balaban J connectivity index is 1.53. The van der Waals surface area contributed by atoms with Crippen LogP contribution in [0.2, 0.25) is 0 Å². The summed E-state index contributed by atoms with van der Waals surface area (Å²) in [7, 11) is 3.82. The van der Waals surface area contributed by atoms with E-state index in [9.17, 15) is 0 Å². The van der Waals surface area contributed by atoms with Gasteiger partial charge in [-0.05, 0) is 49.9 Å². The molecule has 29 heavy (non-hydrogen) atoms. The van der Waals surface area contributed by atoms with Gasteiger partial charge < -0.3 is 19.7 Å². The smallest absolute Gasteiger partial charge is 0.193 e. The summed E-state index contributed by atoms with van der Waals surface area (Å²) in [5.41, 5.74) is 2.53. The van der Waals surface area contributed by atoms with Crippen LogP contribution >= 0.6 is 0 Å². The largest absolute Gasteiger partial charge is 0.490 e. The van der Waals surface area contributed by atoms with Gasteiger partial charge in [0, 0.05) is 45.8 Å². The Morgan fingerprint density at radius 1 is 1.24 bits per heavy atom. The number of aliphatic imine (C=N–C) groups is 1. The highest BCUT2D eigenvalue weighted by atomic mass is 16.5. The van der Waals surface area contributed by atoms with Crippen molar-refractivity contribution in [3.8, 4) is 11.5 Å². The molecular weight excluding hydrogens is 366 g/mol. The Labute approximate surface area is 173 Å². The number of nitrogens with zero attached hydrogens (tertiary/aromatic N) is 4. The predicted octanol–water partition coefficient (Wildman–Crippen LogP) is 2.82. The Bertz CT molecular complexity index is 817. The zero-order valence-electron chi connectivity index (χ0n) is 18.0. The molecule has 0 amide bonds. The molecule has 7 nitrogen and oxygen atoms in total. The highest BCUT2D eigenvalue weighted by molar-refractivity contribution is 5.80. The van der Waals surface area contributed by atoms with Gasteiger partial charge in [0.25, 0.3) is 0 Å². The summed E-state index contributed by atoms with van der Waals surface area (Å²) in [6.07, 6.45) is 6.12. The fourth-order valence-corrected chi connectivity index (χ4v) is 3.78. The summed E-state index contributed by atoms with van der Waals surface area (Å²) in [6.45, 7) is 8.04. The molecule has 1 atom stereocenters. The van der Waals surface area contributed by atoms with Gasteiger partial charge in [-0.2, -0.15) is 5.10 Å². The third kappa shape index (κ3) is 5.43. The Hall–Kier alpha value is -2.70. The van der Waals surface area contributed by atoms with Crippen molar-refractivity contribution in [1.29, 1.82) is 0 Å². The molecule has 158 valence electrons. The first-order valence-corrected chi connectivity index (χ1v) is 10.5. The summed E-state index contributed by atoms with van der Waals surface area (Å²) in [5.74, 6) is 3.10. The third-order valence-corrected chi connectivity index (χ3v) is 5.20. The van der Waals surface area contributed by atoms with E-state index in [0.717, 1.165) is 49.9 Å². The van der Waals surface area contributed by atoms with Crippen LogP contribution in [0.3, 0.4) is 0 Å². The van der Waals surface area contributed by atoms with Gasteiger partial charge in [-0.25, -0.2) is 0 Å². The van der Waals surface area contributed by atoms with Gasteiger partial charge in [0.15, 0.2) is 17.5 Å². The highest BCUT2D eigenvalue weighted by Gasteiger charge is 2.26. The van der Waals surface area contributed by atoms with Gasteiger partial charge in [-0.1, -0.05) is 6.07 Å². The molecule has 2 heterocycles. The van der Waals surface area contributed by atoms with Crippen LogP contribution in [-0.2, 0) is 13.5 Å². The van der Waals surface area contributed by atoms with E-state index < -0.39 is 0 Å². The first-order valence-electron chi connectivity index (χ1n) is 10.5. The summed E-state index contributed by atoms with van der Waals surface area (Å²) >= 11 is 0. The third-order valence-electron chi connectivity index (χ3n) is 5.20. The van der Waals surface area contributed by atoms with Crippen LogP contribution in [0, 0.1) is 0 Å². The van der Waals surface area contributed by atoms with E-state index >= 15 is 0 Å². The van der Waals surface area contributed by atoms with E-state index in [2.05, 4.69) is 38.6 Å². The van der Waals surface area contributed by atoms with E-state index in [4.69, 9.17) is 9.47 Å². The number of hydrogen-bond acceptors (Lipinski definition) is 4. The lowest BCUT2D eigenvalue weighted by molar-refractivity contribution is 0.287. The number of benzene rings is 1. The molecule has 3 rings (SSSR count). The summed E-state index contributed by atoms with van der Waals surface area (Å²) in [6, 6.07) is 6.18. The lowest BCUT2D eigenvalue weighted by Gasteiger charge is -2.21. The Morgan fingerprint density at radius 3 is 2.72 bits per heavy atom. The van der Waals surface area contributed by atoms with Crippen molar-refractivity contribution in [2.75, 3.05) is 39.9 Å². The summed E-state index contributed by atoms with van der Waals surface area (Å²) in [5, 5.41) is 7.82. The van der Waals surface area contributed by atoms with E-state index in [-0.39, 0.29) is 0 Å². The van der Waals surface area contributed by atoms with Crippen LogP contribution in [0.25, 0.3) is 0 Å². The number of guanidine groups is 1. The normalized spacial score (nSPS) is 16.9. The van der Waals surface area contributed by atoms with Crippen LogP contribution < -0.4 is 14.8 Å². The van der Waals surface area contributed by atoms with E-state index in [1.54, 1.807) is 0 Å². The van der Waals surface area contributed by atoms with Gasteiger partial charge in [-0.3, -0.25) is 9.67 Å². The molecule has 1 aromatic heterocycles. The second-order valence-electron chi connectivity index (χ2n) is 7.25. The molecule has 0 radical (unpaired) electrons. The molecule has 0 spiro atoms. The van der Waals surface area contributed by atoms with Crippen molar-refractivity contribution in [2.24, 2.45) is 12.0 Å². The number of aryl methyl sites for hydroxylation is 1. The first-order chi connectivity index (χ1) is 14.1. The van der Waals surface area contributed by atoms with Crippen LogP contribution in [0.1, 0.15) is 37.3 Å². The number of aromatic nitrogens is 2. The minimum absolute atomic E-state index is 0.516. The molecule has 0 saturated carbocycles. The maximum Gasteiger partial charge on any atom is 0.193 e. The second kappa shape index (κ2) is 10.2. The van der Waals surface area contributed by atoms with Crippen molar-refractivity contribution < 1.29 is 9.47 Å². The van der Waals surface area contributed by atoms with Gasteiger partial charge >= 0.3 is 0 Å². The maximum atomic E-state index is 5.73. The van der Waals surface area contributed by atoms with Crippen LogP contribution in [0.4, 0.5) is 0 Å². The monoisotopic (exact) mass is 399 g/mol. The van der Waals surface area contributed by atoms with Crippen LogP contribution in [0.5, 0.6) is 11.5 Å². The molecule has 7 heteroatoms. The lowest BCUT2D eigenvalue weighted by atomic mass is 10.0. The van der Waals surface area contributed by atoms with Crippen LogP contribution in [-0.4, -0.2) is 60.5 Å². The van der Waals surface area contributed by atoms with Crippen molar-refractivity contribution in [1.82, 2.24) is 20.0 Å². The average molecular weight is 400 g/mol. The van der Waals surface area contributed by atoms with Gasteiger partial charge in [0.1, 0.15) is 0 Å². The molecule has 1 aliphatic heterocycles. The van der Waals surface area contributed by atoms with Crippen molar-refractivity contribution in [2.45, 2.75) is 32.6 Å². The standard InChI is InChI=1S/C22H33N5O2/c1-5-28-20-8-7-17(13-21(20)29-6-2)9-11-24-22(23-3)27-12-10-18(16-27)19-14-25-26(4)15-19/h7-8,13-15,18H,5-6,9-12,16H2,1-4H3,(H,23,24). The molecule has 1 N–H and O–H groups in total. The number of ether oxygens (including phenoxy) is 2. The SMILES string of the molecule is CCOc1ccc(CCNC(=NC)N2CCC(c3cnn(C)c3)C2)cc1OCC. The Kier molecular flexibility index (Phi) is 7.38. The van der Waals surface area contributed by atoms with Crippen molar-refractivity contribution in [3.63, 3.8) is 0 Å². The van der Waals surface area contributed by atoms with Gasteiger partial charge in [0.2, 0.25) is 0 Å². The number of likely N-dealkylation sites (tertiary alicyclic amines) is 1. The molecule has 1 aromatic carbocycles. The number of hydrogen-bond donors (Lipinski definition) is 1. The summed E-state index contributed by atoms with van der Waals surface area (Å²) in [4.78, 5) is 6.82. The second-order valence-corrected chi connectivity index (χ2v) is 7.25. The lowest BCUT2D eigenvalue weighted by Crippen LogP contribution is -2.40. The van der Waals surface area contributed by atoms with Crippen LogP contribution in [0.15, 0.2) is 35.6 Å². The molecule has 0 aliphatic carbocycles. The minimum atomic E-state index is 0.516. The first kappa shape index (κ1) is 21.0. The molecule has 0 bridgehead atoms. The highest BCUT2D eigenvalue weighted by Crippen LogP contribution is 2.29. The number of nitrogens with one attached hydrogen (secondary N) is 1. The van der Waals surface area contributed by atoms with E-state index in [0.29, 0.717) is 19.1 Å². The topological polar surface area (TPSA) is 63.9 Å². The molecule has 2 aromatic rings. The summed E-state index contributed by atoms with van der Waals surface area (Å²) < 4.78 is 13.3. The van der Waals surface area contributed by atoms with Crippen molar-refractivity contribution >= 4 is 5.96 Å². The van der Waals surface area contributed by atoms with Gasteiger partial charge in [0.05, 0.1) is 19.4 Å². The van der Waals surface area contributed by atoms with Crippen molar-refractivity contribution in [3.05, 3.63) is 41.7 Å². The number of rotatable bonds is 8. The van der Waals surface area contributed by atoms with E-state index in [1.807, 2.05) is 44.9 Å². The molecular formula is C22H33N5O2. The fraction of sp³-hybridized carbons (Fsp3) is 0.545. The average Bonchev–Trinajstić information content (AvgIpc) is 3.36. The fourth-order valence-electron chi connectivity index (χ4n) is 3.78. The molecule has 1 aliphatic rings. The van der Waals surface area contributed by atoms with E-state index in [1.165, 1.54) is 11.1 Å². The molecule has 1 unspecified atom stereocenters. The molecule has 1 fully saturated rings. The zero-order valence-corrected chi connectivity index (χ0v) is 18.0. The Morgan fingerprint density at radius 2 is 2.03 bits per heavy atom. The molecule has 1 saturated heterocycles. The maximum absolute atomic E-state index is 5.73. The minimum Gasteiger partial charge on any atom is -0.490 e. The predicted molar refractivity (Wildman–Crippen MR) is 116 cm³/mol.